The molecule has 8 nitrogen and oxygen atoms in total. The first kappa shape index (κ1) is 18.8. The van der Waals surface area contributed by atoms with E-state index < -0.39 is 12.0 Å². The summed E-state index contributed by atoms with van der Waals surface area (Å²) in [6.45, 7) is 4.93. The molecular weight excluding hydrogens is 326 g/mol. The Morgan fingerprint density at radius 2 is 2.04 bits per heavy atom. The van der Waals surface area contributed by atoms with Crippen molar-refractivity contribution in [2.45, 2.75) is 6.04 Å². The van der Waals surface area contributed by atoms with Gasteiger partial charge in [-0.3, -0.25) is 5.32 Å². The zero-order valence-electron chi connectivity index (χ0n) is 14.9. The number of carbonyl (C=O) groups is 1. The van der Waals surface area contributed by atoms with Crippen LogP contribution in [0.1, 0.15) is 5.56 Å². The van der Waals surface area contributed by atoms with Gasteiger partial charge in [0.1, 0.15) is 5.71 Å². The lowest BCUT2D eigenvalue weighted by atomic mass is 10.0. The standard InChI is InChI=1S/C17H23N3O5/c1-6-24-13-10-11(9-12(22-4)16(13)23-5)14-15(17(21)25-19-14)18-7-8-20(2)3/h6,9-10,15,18H,1,7-8H2,2-5H3. The topological polar surface area (TPSA) is 81.6 Å². The van der Waals surface area contributed by atoms with Crippen molar-refractivity contribution in [1.82, 2.24) is 10.2 Å². The zero-order valence-corrected chi connectivity index (χ0v) is 14.9. The third-order valence-electron chi connectivity index (χ3n) is 3.60. The van der Waals surface area contributed by atoms with Crippen molar-refractivity contribution in [3.63, 3.8) is 0 Å². The van der Waals surface area contributed by atoms with Gasteiger partial charge in [-0.25, -0.2) is 4.79 Å². The van der Waals surface area contributed by atoms with Gasteiger partial charge in [0, 0.05) is 18.7 Å². The summed E-state index contributed by atoms with van der Waals surface area (Å²) >= 11 is 0. The smallest absolute Gasteiger partial charge is 0.358 e. The summed E-state index contributed by atoms with van der Waals surface area (Å²) in [5.41, 5.74) is 1.08. The second-order valence-corrected chi connectivity index (χ2v) is 5.57. The van der Waals surface area contributed by atoms with Crippen LogP contribution in [0.2, 0.25) is 0 Å². The highest BCUT2D eigenvalue weighted by molar-refractivity contribution is 6.17. The number of methoxy groups -OCH3 is 2. The molecule has 1 unspecified atom stereocenters. The van der Waals surface area contributed by atoms with Crippen LogP contribution in [0.25, 0.3) is 0 Å². The Labute approximate surface area is 147 Å². The van der Waals surface area contributed by atoms with Gasteiger partial charge < -0.3 is 23.9 Å². The van der Waals surface area contributed by atoms with Gasteiger partial charge in [-0.1, -0.05) is 11.7 Å². The maximum atomic E-state index is 12.0. The van der Waals surface area contributed by atoms with Crippen molar-refractivity contribution >= 4 is 11.7 Å². The Morgan fingerprint density at radius 1 is 1.32 bits per heavy atom. The second-order valence-electron chi connectivity index (χ2n) is 5.57. The van der Waals surface area contributed by atoms with E-state index >= 15 is 0 Å². The number of hydrogen-bond donors (Lipinski definition) is 1. The average Bonchev–Trinajstić information content (AvgIpc) is 2.95. The van der Waals surface area contributed by atoms with Crippen LogP contribution in [0, 0.1) is 0 Å². The van der Waals surface area contributed by atoms with Crippen LogP contribution in [0.4, 0.5) is 0 Å². The minimum atomic E-state index is -0.658. The molecule has 0 spiro atoms. The van der Waals surface area contributed by atoms with Crippen molar-refractivity contribution in [2.24, 2.45) is 5.16 Å². The number of rotatable bonds is 9. The summed E-state index contributed by atoms with van der Waals surface area (Å²) in [5.74, 6) is 0.829. The number of nitrogens with one attached hydrogen (secondary N) is 1. The van der Waals surface area contributed by atoms with Gasteiger partial charge in [0.05, 0.1) is 20.5 Å². The zero-order chi connectivity index (χ0) is 18.4. The number of hydrogen-bond acceptors (Lipinski definition) is 8. The number of ether oxygens (including phenoxy) is 3. The highest BCUT2D eigenvalue weighted by Gasteiger charge is 2.34. The molecule has 2 rings (SSSR count). The molecule has 0 radical (unpaired) electrons. The summed E-state index contributed by atoms with van der Waals surface area (Å²) in [5, 5.41) is 7.06. The first-order valence-corrected chi connectivity index (χ1v) is 7.72. The minimum absolute atomic E-state index is 0.404. The predicted molar refractivity (Wildman–Crippen MR) is 93.3 cm³/mol. The Balaban J connectivity index is 2.33. The van der Waals surface area contributed by atoms with Crippen molar-refractivity contribution < 1.29 is 23.8 Å². The lowest BCUT2D eigenvalue weighted by Crippen LogP contribution is -2.43. The molecule has 8 heteroatoms. The van der Waals surface area contributed by atoms with Gasteiger partial charge in [-0.05, 0) is 26.2 Å². The Kier molecular flexibility index (Phi) is 6.37. The van der Waals surface area contributed by atoms with Crippen LogP contribution in [-0.4, -0.2) is 64.0 Å². The number of carbonyl (C=O) groups excluding carboxylic acids is 1. The Bertz CT molecular complexity index is 672. The second kappa shape index (κ2) is 8.50. The molecule has 0 amide bonds. The van der Waals surface area contributed by atoms with E-state index in [4.69, 9.17) is 19.0 Å². The predicted octanol–water partition coefficient (Wildman–Crippen LogP) is 1.01. The molecule has 0 saturated carbocycles. The Morgan fingerprint density at radius 3 is 2.64 bits per heavy atom. The molecule has 136 valence electrons. The van der Waals surface area contributed by atoms with Crippen LogP contribution >= 0.6 is 0 Å². The highest BCUT2D eigenvalue weighted by Crippen LogP contribution is 2.39. The van der Waals surface area contributed by atoms with E-state index in [0.717, 1.165) is 6.54 Å². The van der Waals surface area contributed by atoms with Gasteiger partial charge in [-0.15, -0.1) is 0 Å². The summed E-state index contributed by atoms with van der Waals surface area (Å²) in [6, 6.07) is 2.76. The monoisotopic (exact) mass is 349 g/mol. The molecule has 0 bridgehead atoms. The maximum absolute atomic E-state index is 12.0. The molecule has 1 atom stereocenters. The van der Waals surface area contributed by atoms with Crippen LogP contribution < -0.4 is 19.5 Å². The van der Waals surface area contributed by atoms with Gasteiger partial charge in [0.15, 0.2) is 17.5 Å². The summed E-state index contributed by atoms with van der Waals surface area (Å²) in [7, 11) is 6.94. The van der Waals surface area contributed by atoms with Crippen molar-refractivity contribution in [1.29, 1.82) is 0 Å². The molecular formula is C17H23N3O5. The molecule has 0 fully saturated rings. The van der Waals surface area contributed by atoms with Gasteiger partial charge >= 0.3 is 5.97 Å². The molecule has 1 heterocycles. The first-order chi connectivity index (χ1) is 12.0. The normalized spacial score (nSPS) is 16.4. The molecule has 0 aromatic heterocycles. The van der Waals surface area contributed by atoms with Crippen molar-refractivity contribution in [2.75, 3.05) is 41.4 Å². The third kappa shape index (κ3) is 4.28. The molecule has 1 aliphatic heterocycles. The van der Waals surface area contributed by atoms with Gasteiger partial charge in [-0.2, -0.15) is 0 Å². The molecule has 1 N–H and O–H groups in total. The maximum Gasteiger partial charge on any atom is 0.358 e. The van der Waals surface area contributed by atoms with Gasteiger partial charge in [0.2, 0.25) is 5.75 Å². The minimum Gasteiger partial charge on any atom is -0.493 e. The van der Waals surface area contributed by atoms with Crippen LogP contribution in [0.3, 0.4) is 0 Å². The van der Waals surface area contributed by atoms with E-state index in [1.54, 1.807) is 12.1 Å². The van der Waals surface area contributed by atoms with Crippen LogP contribution in [-0.2, 0) is 9.63 Å². The van der Waals surface area contributed by atoms with E-state index in [-0.39, 0.29) is 0 Å². The quantitative estimate of drug-likeness (QED) is 0.526. The fourth-order valence-electron chi connectivity index (χ4n) is 2.40. The van der Waals surface area contributed by atoms with E-state index in [2.05, 4.69) is 17.1 Å². The molecule has 1 aromatic rings. The number of benzene rings is 1. The molecule has 1 aliphatic rings. The molecule has 0 aliphatic carbocycles. The van der Waals surface area contributed by atoms with Crippen LogP contribution in [0.15, 0.2) is 30.1 Å². The molecule has 1 aromatic carbocycles. The summed E-state index contributed by atoms with van der Waals surface area (Å²) < 4.78 is 16.1. The van der Waals surface area contributed by atoms with E-state index in [9.17, 15) is 4.79 Å². The SMILES string of the molecule is C=COc1cc(C2=NOC(=O)C2NCCN(C)C)cc(OC)c1OC. The lowest BCUT2D eigenvalue weighted by Gasteiger charge is -2.17. The number of likely N-dealkylation sites (N-methyl/N-ethyl adjacent to an activating group) is 1. The van der Waals surface area contributed by atoms with Crippen molar-refractivity contribution in [3.05, 3.63) is 30.5 Å². The summed E-state index contributed by atoms with van der Waals surface area (Å²) in [6.07, 6.45) is 1.28. The fraction of sp³-hybridized carbons (Fsp3) is 0.412. The third-order valence-corrected chi connectivity index (χ3v) is 3.60. The average molecular weight is 349 g/mol. The number of nitrogens with zero attached hydrogens (tertiary/aromatic N) is 2. The summed E-state index contributed by atoms with van der Waals surface area (Å²) in [4.78, 5) is 18.9. The number of oxime groups is 1. The fourth-order valence-corrected chi connectivity index (χ4v) is 2.40. The highest BCUT2D eigenvalue weighted by atomic mass is 16.7. The molecule has 25 heavy (non-hydrogen) atoms. The van der Waals surface area contributed by atoms with Crippen LogP contribution in [0.5, 0.6) is 17.2 Å². The molecule has 0 saturated heterocycles. The lowest BCUT2D eigenvalue weighted by molar-refractivity contribution is -0.141. The van der Waals surface area contributed by atoms with E-state index in [1.807, 2.05) is 19.0 Å². The van der Waals surface area contributed by atoms with E-state index in [0.29, 0.717) is 35.1 Å². The van der Waals surface area contributed by atoms with E-state index in [1.165, 1.54) is 20.5 Å². The van der Waals surface area contributed by atoms with Crippen molar-refractivity contribution in [3.8, 4) is 17.2 Å². The first-order valence-electron chi connectivity index (χ1n) is 7.72. The van der Waals surface area contributed by atoms with Gasteiger partial charge in [0.25, 0.3) is 0 Å². The Hall–Kier alpha value is -2.58. The largest absolute Gasteiger partial charge is 0.493 e.